The van der Waals surface area contributed by atoms with Crippen LogP contribution in [0.15, 0.2) is 10.5 Å². The topological polar surface area (TPSA) is 92.6 Å². The van der Waals surface area contributed by atoms with Gasteiger partial charge in [-0.2, -0.15) is 0 Å². The summed E-state index contributed by atoms with van der Waals surface area (Å²) in [6.07, 6.45) is 0.926. The van der Waals surface area contributed by atoms with Crippen molar-refractivity contribution in [2.24, 2.45) is 0 Å². The highest BCUT2D eigenvalue weighted by Gasteiger charge is 2.35. The minimum Gasteiger partial charge on any atom is -0.353 e. The summed E-state index contributed by atoms with van der Waals surface area (Å²) in [5.41, 5.74) is 1.57. The second kappa shape index (κ2) is 6.04. The van der Waals surface area contributed by atoms with E-state index in [0.29, 0.717) is 22.9 Å². The summed E-state index contributed by atoms with van der Waals surface area (Å²) < 4.78 is 0.499. The number of amides is 2. The van der Waals surface area contributed by atoms with Crippen LogP contribution in [0.2, 0.25) is 0 Å². The average Bonchev–Trinajstić information content (AvgIpc) is 2.76. The Bertz CT molecular complexity index is 675. The average molecular weight is 370 g/mol. The molecule has 2 amide bonds. The van der Waals surface area contributed by atoms with Crippen LogP contribution in [0.4, 0.5) is 11.4 Å². The van der Waals surface area contributed by atoms with E-state index < -0.39 is 4.92 Å². The largest absolute Gasteiger partial charge is 0.353 e. The third-order valence-electron chi connectivity index (χ3n) is 3.74. The Labute approximate surface area is 135 Å². The summed E-state index contributed by atoms with van der Waals surface area (Å²) in [7, 11) is 1.50. The number of carbonyl (C=O) groups excluding carboxylic acids is 2. The van der Waals surface area contributed by atoms with Crippen molar-refractivity contribution in [2.45, 2.75) is 32.7 Å². The number of carbonyl (C=O) groups is 2. The Morgan fingerprint density at radius 3 is 2.55 bits per heavy atom. The molecular formula is C14H16BrN3O4. The lowest BCUT2D eigenvalue weighted by atomic mass is 10.1. The van der Waals surface area contributed by atoms with E-state index in [0.717, 1.165) is 5.56 Å². The Morgan fingerprint density at radius 2 is 2.05 bits per heavy atom. The lowest BCUT2D eigenvalue weighted by Gasteiger charge is -2.18. The van der Waals surface area contributed by atoms with Crippen LogP contribution < -0.4 is 10.2 Å². The Kier molecular flexibility index (Phi) is 4.50. The molecule has 22 heavy (non-hydrogen) atoms. The SMILES string of the molecule is CC(=O)NC1Cc2cc(Br)c(N(C)C(C)=O)c([N+](=O)[O-])c2C1. The molecule has 0 aromatic heterocycles. The number of nitro benzene ring substituents is 1. The van der Waals surface area contributed by atoms with Crippen LogP contribution in [0.25, 0.3) is 0 Å². The molecule has 1 unspecified atom stereocenters. The third-order valence-corrected chi connectivity index (χ3v) is 4.34. The third kappa shape index (κ3) is 2.96. The van der Waals surface area contributed by atoms with Gasteiger partial charge in [0.05, 0.1) is 4.92 Å². The molecule has 0 saturated heterocycles. The number of nitrogens with zero attached hydrogens (tertiary/aromatic N) is 2. The molecule has 1 atom stereocenters. The number of rotatable bonds is 3. The van der Waals surface area contributed by atoms with Gasteiger partial charge in [0.1, 0.15) is 5.69 Å². The minimum atomic E-state index is -0.464. The maximum atomic E-state index is 11.6. The Balaban J connectivity index is 2.56. The number of hydrogen-bond acceptors (Lipinski definition) is 4. The summed E-state index contributed by atoms with van der Waals surface area (Å²) in [4.78, 5) is 35.1. The second-order valence-corrected chi connectivity index (χ2v) is 6.19. The summed E-state index contributed by atoms with van der Waals surface area (Å²) >= 11 is 3.32. The summed E-state index contributed by atoms with van der Waals surface area (Å²) in [6.45, 7) is 2.77. The van der Waals surface area contributed by atoms with Gasteiger partial charge < -0.3 is 10.2 Å². The fraction of sp³-hybridized carbons (Fsp3) is 0.429. The molecular weight excluding hydrogens is 354 g/mol. The molecule has 8 heteroatoms. The van der Waals surface area contributed by atoms with Gasteiger partial charge in [-0.1, -0.05) is 0 Å². The lowest BCUT2D eigenvalue weighted by Crippen LogP contribution is -2.33. The molecule has 0 saturated carbocycles. The molecule has 0 aliphatic heterocycles. The Morgan fingerprint density at radius 1 is 1.41 bits per heavy atom. The van der Waals surface area contributed by atoms with E-state index >= 15 is 0 Å². The molecule has 1 aliphatic rings. The summed E-state index contributed by atoms with van der Waals surface area (Å²) in [5.74, 6) is -0.458. The zero-order valence-corrected chi connectivity index (χ0v) is 14.1. The van der Waals surface area contributed by atoms with Gasteiger partial charge in [-0.25, -0.2) is 0 Å². The van der Waals surface area contributed by atoms with Crippen molar-refractivity contribution in [2.75, 3.05) is 11.9 Å². The number of nitrogens with one attached hydrogen (secondary N) is 1. The van der Waals surface area contributed by atoms with Crippen molar-refractivity contribution >= 4 is 39.1 Å². The van der Waals surface area contributed by atoms with Crippen LogP contribution in [0.1, 0.15) is 25.0 Å². The number of anilines is 1. The fourth-order valence-electron chi connectivity index (χ4n) is 2.77. The van der Waals surface area contributed by atoms with Gasteiger partial charge >= 0.3 is 0 Å². The maximum Gasteiger partial charge on any atom is 0.297 e. The van der Waals surface area contributed by atoms with Gasteiger partial charge in [0.25, 0.3) is 5.69 Å². The van der Waals surface area contributed by atoms with Crippen molar-refractivity contribution in [3.05, 3.63) is 31.8 Å². The molecule has 0 fully saturated rings. The molecule has 1 aromatic carbocycles. The van der Waals surface area contributed by atoms with Crippen LogP contribution in [-0.2, 0) is 22.4 Å². The first-order valence-corrected chi connectivity index (χ1v) is 7.51. The van der Waals surface area contributed by atoms with Crippen LogP contribution >= 0.6 is 15.9 Å². The van der Waals surface area contributed by atoms with Gasteiger partial charge in [0, 0.05) is 43.4 Å². The first-order valence-electron chi connectivity index (χ1n) is 6.72. The number of hydrogen-bond donors (Lipinski definition) is 1. The molecule has 2 rings (SSSR count). The number of halogens is 1. The van der Waals surface area contributed by atoms with Crippen molar-refractivity contribution < 1.29 is 14.5 Å². The molecule has 0 heterocycles. The number of benzene rings is 1. The van der Waals surface area contributed by atoms with Gasteiger partial charge in [-0.3, -0.25) is 19.7 Å². The van der Waals surface area contributed by atoms with Gasteiger partial charge in [0.2, 0.25) is 11.8 Å². The van der Waals surface area contributed by atoms with E-state index in [1.165, 1.54) is 25.8 Å². The van der Waals surface area contributed by atoms with E-state index in [-0.39, 0.29) is 29.2 Å². The first kappa shape index (κ1) is 16.4. The molecule has 7 nitrogen and oxygen atoms in total. The second-order valence-electron chi connectivity index (χ2n) is 5.33. The molecule has 0 spiro atoms. The van der Waals surface area contributed by atoms with Crippen LogP contribution in [0, 0.1) is 10.1 Å². The van der Waals surface area contributed by atoms with Gasteiger partial charge in [-0.15, -0.1) is 0 Å². The number of nitro groups is 1. The lowest BCUT2D eigenvalue weighted by molar-refractivity contribution is -0.384. The van der Waals surface area contributed by atoms with Crippen LogP contribution in [-0.4, -0.2) is 29.8 Å². The van der Waals surface area contributed by atoms with Crippen molar-refractivity contribution in [3.8, 4) is 0 Å². The van der Waals surface area contributed by atoms with Gasteiger partial charge in [0.15, 0.2) is 0 Å². The molecule has 1 aliphatic carbocycles. The van der Waals surface area contributed by atoms with Crippen LogP contribution in [0.5, 0.6) is 0 Å². The van der Waals surface area contributed by atoms with E-state index in [4.69, 9.17) is 0 Å². The molecule has 0 radical (unpaired) electrons. The maximum absolute atomic E-state index is 11.6. The van der Waals surface area contributed by atoms with Crippen molar-refractivity contribution in [1.29, 1.82) is 0 Å². The van der Waals surface area contributed by atoms with E-state index in [2.05, 4.69) is 21.2 Å². The summed E-state index contributed by atoms with van der Waals surface area (Å²) in [6, 6.07) is 1.63. The van der Waals surface area contributed by atoms with Crippen molar-refractivity contribution in [3.63, 3.8) is 0 Å². The zero-order valence-electron chi connectivity index (χ0n) is 12.5. The standard InChI is InChI=1S/C14H16BrN3O4/c1-7(19)16-10-4-9-5-12(15)14(17(3)8(2)20)13(18(21)22)11(9)6-10/h5,10H,4,6H2,1-3H3,(H,16,19). The van der Waals surface area contributed by atoms with E-state index in [9.17, 15) is 19.7 Å². The zero-order chi connectivity index (χ0) is 16.6. The highest BCUT2D eigenvalue weighted by Crippen LogP contribution is 2.43. The molecule has 0 bridgehead atoms. The number of fused-ring (bicyclic) bond motifs is 1. The predicted molar refractivity (Wildman–Crippen MR) is 84.9 cm³/mol. The van der Waals surface area contributed by atoms with Crippen molar-refractivity contribution in [1.82, 2.24) is 5.32 Å². The smallest absolute Gasteiger partial charge is 0.297 e. The molecule has 118 valence electrons. The minimum absolute atomic E-state index is 0.0741. The Hall–Kier alpha value is -1.96. The summed E-state index contributed by atoms with van der Waals surface area (Å²) in [5, 5.41) is 14.3. The normalized spacial score (nSPS) is 16.1. The quantitative estimate of drug-likeness (QED) is 0.650. The molecule has 1 aromatic rings. The van der Waals surface area contributed by atoms with E-state index in [1.54, 1.807) is 6.07 Å². The fourth-order valence-corrected chi connectivity index (χ4v) is 3.50. The highest BCUT2D eigenvalue weighted by atomic mass is 79.9. The predicted octanol–water partition coefficient (Wildman–Crippen LogP) is 1.94. The molecule has 1 N–H and O–H groups in total. The van der Waals surface area contributed by atoms with Gasteiger partial charge in [-0.05, 0) is 34.0 Å². The highest BCUT2D eigenvalue weighted by molar-refractivity contribution is 9.10. The van der Waals surface area contributed by atoms with E-state index in [1.807, 2.05) is 0 Å². The first-order chi connectivity index (χ1) is 10.2. The monoisotopic (exact) mass is 369 g/mol. The van der Waals surface area contributed by atoms with Crippen LogP contribution in [0.3, 0.4) is 0 Å².